The Hall–Kier alpha value is -3.35. The van der Waals surface area contributed by atoms with Crippen LogP contribution in [0.1, 0.15) is 33.6 Å². The molecule has 0 bridgehead atoms. The first kappa shape index (κ1) is 18.7. The van der Waals surface area contributed by atoms with Crippen molar-refractivity contribution >= 4 is 17.6 Å². The average molecular weight is 403 g/mol. The highest BCUT2D eigenvalue weighted by atomic mass is 16.5. The number of piperidine rings is 1. The van der Waals surface area contributed by atoms with E-state index in [2.05, 4.69) is 22.1 Å². The molecule has 7 nitrogen and oxygen atoms in total. The molecule has 1 aliphatic heterocycles. The van der Waals surface area contributed by atoms with Crippen LogP contribution in [0, 0.1) is 18.8 Å². The summed E-state index contributed by atoms with van der Waals surface area (Å²) in [6.07, 6.45) is 3.02. The first-order valence-corrected chi connectivity index (χ1v) is 10.3. The van der Waals surface area contributed by atoms with Gasteiger partial charge in [0.25, 0.3) is 0 Å². The number of hydrogen-bond acceptors (Lipinski definition) is 6. The van der Waals surface area contributed by atoms with E-state index in [1.807, 2.05) is 37.3 Å². The maximum atomic E-state index is 12.4. The van der Waals surface area contributed by atoms with E-state index in [9.17, 15) is 4.79 Å². The molecule has 0 radical (unpaired) electrons. The van der Waals surface area contributed by atoms with Gasteiger partial charge in [0, 0.05) is 25.0 Å². The van der Waals surface area contributed by atoms with E-state index < -0.39 is 5.97 Å². The molecule has 0 spiro atoms. The third-order valence-corrected chi connectivity index (χ3v) is 6.04. The van der Waals surface area contributed by atoms with Gasteiger partial charge in [-0.2, -0.15) is 5.10 Å². The van der Waals surface area contributed by atoms with Crippen LogP contribution in [0.4, 0.5) is 11.6 Å². The Morgan fingerprint density at radius 3 is 2.67 bits per heavy atom. The maximum absolute atomic E-state index is 12.4. The number of nitrogens with two attached hydrogens (primary N) is 1. The van der Waals surface area contributed by atoms with Crippen LogP contribution in [0.2, 0.25) is 0 Å². The maximum Gasteiger partial charge on any atom is 0.343 e. The van der Waals surface area contributed by atoms with Gasteiger partial charge >= 0.3 is 5.97 Å². The SMILES string of the molecule is Cc1nc(N2CC3CC3C2)ccc1Cn1cc(C(=O)OCc2ccccc2)c(N)n1. The molecule has 7 heteroatoms. The van der Waals surface area contributed by atoms with Crippen LogP contribution in [-0.2, 0) is 17.9 Å². The third-order valence-electron chi connectivity index (χ3n) is 6.04. The van der Waals surface area contributed by atoms with Gasteiger partial charge < -0.3 is 15.4 Å². The lowest BCUT2D eigenvalue weighted by Gasteiger charge is -2.20. The molecule has 3 heterocycles. The van der Waals surface area contributed by atoms with Crippen LogP contribution < -0.4 is 10.6 Å². The number of carbonyl (C=O) groups excluding carboxylic acids is 1. The van der Waals surface area contributed by atoms with Gasteiger partial charge in [0.2, 0.25) is 0 Å². The van der Waals surface area contributed by atoms with Gasteiger partial charge in [0.1, 0.15) is 18.0 Å². The molecule has 2 aromatic heterocycles. The zero-order chi connectivity index (χ0) is 20.7. The van der Waals surface area contributed by atoms with Crippen molar-refractivity contribution in [2.75, 3.05) is 23.7 Å². The molecule has 0 amide bonds. The van der Waals surface area contributed by atoms with Gasteiger partial charge in [-0.1, -0.05) is 36.4 Å². The first-order chi connectivity index (χ1) is 14.6. The fraction of sp³-hybridized carbons (Fsp3) is 0.348. The number of pyridine rings is 1. The highest BCUT2D eigenvalue weighted by Crippen LogP contribution is 2.45. The van der Waals surface area contributed by atoms with Gasteiger partial charge in [0.15, 0.2) is 5.82 Å². The molecule has 5 rings (SSSR count). The van der Waals surface area contributed by atoms with Gasteiger partial charge in [-0.3, -0.25) is 4.68 Å². The molecule has 1 aromatic carbocycles. The van der Waals surface area contributed by atoms with Crippen LogP contribution >= 0.6 is 0 Å². The van der Waals surface area contributed by atoms with Crippen molar-refractivity contribution in [3.05, 3.63) is 71.0 Å². The van der Waals surface area contributed by atoms with E-state index in [4.69, 9.17) is 15.5 Å². The summed E-state index contributed by atoms with van der Waals surface area (Å²) in [6, 6.07) is 13.7. The zero-order valence-electron chi connectivity index (χ0n) is 17.0. The second-order valence-electron chi connectivity index (χ2n) is 8.26. The molecule has 2 unspecified atom stereocenters. The summed E-state index contributed by atoms with van der Waals surface area (Å²) in [6.45, 7) is 4.96. The lowest BCUT2D eigenvalue weighted by molar-refractivity contribution is 0.0474. The minimum atomic E-state index is -0.472. The van der Waals surface area contributed by atoms with Gasteiger partial charge in [-0.25, -0.2) is 9.78 Å². The van der Waals surface area contributed by atoms with Crippen LogP contribution in [-0.4, -0.2) is 33.8 Å². The normalized spacial score (nSPS) is 19.6. The summed E-state index contributed by atoms with van der Waals surface area (Å²) in [4.78, 5) is 19.6. The van der Waals surface area contributed by atoms with Crippen molar-refractivity contribution in [3.8, 4) is 0 Å². The number of anilines is 2. The highest BCUT2D eigenvalue weighted by Gasteiger charge is 2.45. The van der Waals surface area contributed by atoms with Crippen LogP contribution in [0.25, 0.3) is 0 Å². The fourth-order valence-corrected chi connectivity index (χ4v) is 4.16. The number of nitrogen functional groups attached to an aromatic ring is 1. The van der Waals surface area contributed by atoms with Crippen molar-refractivity contribution in [2.24, 2.45) is 11.8 Å². The van der Waals surface area contributed by atoms with Crippen LogP contribution in [0.5, 0.6) is 0 Å². The third kappa shape index (κ3) is 3.75. The monoisotopic (exact) mass is 403 g/mol. The number of carbonyl (C=O) groups is 1. The molecule has 2 aliphatic rings. The van der Waals surface area contributed by atoms with Gasteiger partial charge in [-0.15, -0.1) is 0 Å². The minimum absolute atomic E-state index is 0.173. The number of aryl methyl sites for hydroxylation is 1. The van der Waals surface area contributed by atoms with Crippen molar-refractivity contribution in [2.45, 2.75) is 26.5 Å². The minimum Gasteiger partial charge on any atom is -0.457 e. The number of rotatable bonds is 6. The van der Waals surface area contributed by atoms with E-state index in [0.717, 1.165) is 47.6 Å². The molecule has 3 aromatic rings. The number of esters is 1. The smallest absolute Gasteiger partial charge is 0.343 e. The van der Waals surface area contributed by atoms with Crippen molar-refractivity contribution in [3.63, 3.8) is 0 Å². The summed E-state index contributed by atoms with van der Waals surface area (Å²) in [5, 5.41) is 4.29. The van der Waals surface area contributed by atoms with Gasteiger partial charge in [-0.05, 0) is 42.4 Å². The highest BCUT2D eigenvalue weighted by molar-refractivity contribution is 5.93. The summed E-state index contributed by atoms with van der Waals surface area (Å²) >= 11 is 0. The number of hydrogen-bond donors (Lipinski definition) is 1. The van der Waals surface area contributed by atoms with E-state index in [0.29, 0.717) is 6.54 Å². The molecule has 2 atom stereocenters. The van der Waals surface area contributed by atoms with E-state index in [-0.39, 0.29) is 18.0 Å². The van der Waals surface area contributed by atoms with Gasteiger partial charge in [0.05, 0.1) is 6.54 Å². The molecule has 154 valence electrons. The molecule has 30 heavy (non-hydrogen) atoms. The zero-order valence-corrected chi connectivity index (χ0v) is 17.0. The Balaban J connectivity index is 1.25. The number of ether oxygens (including phenoxy) is 1. The summed E-state index contributed by atoms with van der Waals surface area (Å²) in [7, 11) is 0. The Labute approximate surface area is 175 Å². The topological polar surface area (TPSA) is 86.3 Å². The Morgan fingerprint density at radius 2 is 1.93 bits per heavy atom. The van der Waals surface area contributed by atoms with E-state index in [1.54, 1.807) is 10.9 Å². The standard InChI is InChI=1S/C23H25N5O2/c1-15-17(7-8-21(25-15)27-10-18-9-19(18)11-27)12-28-13-20(22(24)26-28)23(29)30-14-16-5-3-2-4-6-16/h2-8,13,18-19H,9-12,14H2,1H3,(H2,24,26). The molecule has 1 aliphatic carbocycles. The average Bonchev–Trinajstić information content (AvgIpc) is 3.18. The molecular formula is C23H25N5O2. The molecule has 2 fully saturated rings. The van der Waals surface area contributed by atoms with Crippen molar-refractivity contribution in [1.29, 1.82) is 0 Å². The first-order valence-electron chi connectivity index (χ1n) is 10.3. The Kier molecular flexibility index (Phi) is 4.65. The number of nitrogens with zero attached hydrogens (tertiary/aromatic N) is 4. The quantitative estimate of drug-likeness (QED) is 0.637. The second-order valence-corrected chi connectivity index (χ2v) is 8.26. The lowest BCUT2D eigenvalue weighted by atomic mass is 10.2. The van der Waals surface area contributed by atoms with Crippen molar-refractivity contribution in [1.82, 2.24) is 14.8 Å². The predicted molar refractivity (Wildman–Crippen MR) is 114 cm³/mol. The molecule has 1 saturated heterocycles. The van der Waals surface area contributed by atoms with Crippen LogP contribution in [0.3, 0.4) is 0 Å². The number of aromatic nitrogens is 3. The molecular weight excluding hydrogens is 378 g/mol. The predicted octanol–water partition coefficient (Wildman–Crippen LogP) is 3.03. The van der Waals surface area contributed by atoms with Crippen LogP contribution in [0.15, 0.2) is 48.7 Å². The molecule has 1 saturated carbocycles. The summed E-state index contributed by atoms with van der Waals surface area (Å²) < 4.78 is 7.05. The Morgan fingerprint density at radius 1 is 1.17 bits per heavy atom. The largest absolute Gasteiger partial charge is 0.457 e. The Bertz CT molecular complexity index is 1070. The second kappa shape index (κ2) is 7.48. The van der Waals surface area contributed by atoms with E-state index >= 15 is 0 Å². The van der Waals surface area contributed by atoms with Crippen molar-refractivity contribution < 1.29 is 9.53 Å². The van der Waals surface area contributed by atoms with E-state index in [1.165, 1.54) is 6.42 Å². The molecule has 2 N–H and O–H groups in total. The summed E-state index contributed by atoms with van der Waals surface area (Å²) in [5.41, 5.74) is 9.20. The number of benzene rings is 1. The lowest BCUT2D eigenvalue weighted by Crippen LogP contribution is -2.23. The number of fused-ring (bicyclic) bond motifs is 1. The fourth-order valence-electron chi connectivity index (χ4n) is 4.16. The summed E-state index contributed by atoms with van der Waals surface area (Å²) in [5.74, 6) is 2.50.